The second-order valence-corrected chi connectivity index (χ2v) is 4.67. The molecule has 1 N–H and O–H groups in total. The Morgan fingerprint density at radius 1 is 1.40 bits per heavy atom. The highest BCUT2D eigenvalue weighted by Crippen LogP contribution is 2.16. The molecule has 0 aliphatic heterocycles. The maximum atomic E-state index is 10.9. The van der Waals surface area contributed by atoms with E-state index in [-0.39, 0.29) is 5.56 Å². The molecule has 0 radical (unpaired) electrons. The Bertz CT molecular complexity index is 802. The first-order valence-corrected chi connectivity index (χ1v) is 6.10. The molecule has 3 aromatic rings. The average Bonchev–Trinajstić information content (AvgIpc) is 2.93. The van der Waals surface area contributed by atoms with E-state index in [1.165, 1.54) is 6.07 Å². The third-order valence-electron chi connectivity index (χ3n) is 3.20. The number of aromatic nitrogens is 5. The number of aryl methyl sites for hydroxylation is 2. The highest BCUT2D eigenvalue weighted by Gasteiger charge is 2.11. The van der Waals surface area contributed by atoms with Gasteiger partial charge in [-0.25, -0.2) is 9.48 Å². The minimum atomic E-state index is -0.968. The number of rotatable bonds is 3. The van der Waals surface area contributed by atoms with E-state index in [0.29, 0.717) is 12.1 Å². The molecule has 0 saturated carbocycles. The van der Waals surface area contributed by atoms with Crippen LogP contribution in [0, 0.1) is 6.92 Å². The summed E-state index contributed by atoms with van der Waals surface area (Å²) in [6.07, 6.45) is 1.94. The lowest BCUT2D eigenvalue weighted by atomic mass is 10.2. The largest absolute Gasteiger partial charge is 0.478 e. The Balaban J connectivity index is 2.00. The molecule has 2 heterocycles. The van der Waals surface area contributed by atoms with Crippen molar-refractivity contribution in [1.29, 1.82) is 0 Å². The maximum absolute atomic E-state index is 10.9. The van der Waals surface area contributed by atoms with Gasteiger partial charge in [0.1, 0.15) is 5.52 Å². The molecule has 0 saturated heterocycles. The zero-order valence-corrected chi connectivity index (χ0v) is 11.1. The number of fused-ring (bicyclic) bond motifs is 1. The van der Waals surface area contributed by atoms with Gasteiger partial charge in [-0.15, -0.1) is 5.10 Å². The van der Waals surface area contributed by atoms with Crippen molar-refractivity contribution in [3.63, 3.8) is 0 Å². The fourth-order valence-corrected chi connectivity index (χ4v) is 2.19. The Kier molecular flexibility index (Phi) is 2.74. The molecule has 7 nitrogen and oxygen atoms in total. The SMILES string of the molecule is Cc1nn(C)cc1Cn1nnc2cc(C(=O)O)ccc21. The van der Waals surface area contributed by atoms with Crippen LogP contribution in [0.5, 0.6) is 0 Å². The van der Waals surface area contributed by atoms with Gasteiger partial charge >= 0.3 is 5.97 Å². The second kappa shape index (κ2) is 4.44. The van der Waals surface area contributed by atoms with Crippen LogP contribution in [0.4, 0.5) is 0 Å². The number of carboxylic acids is 1. The molecule has 0 unspecified atom stereocenters. The molecule has 0 bridgehead atoms. The number of benzene rings is 1. The van der Waals surface area contributed by atoms with Gasteiger partial charge in [0, 0.05) is 18.8 Å². The third-order valence-corrected chi connectivity index (χ3v) is 3.20. The van der Waals surface area contributed by atoms with Gasteiger partial charge in [0.25, 0.3) is 0 Å². The van der Waals surface area contributed by atoms with Crippen LogP contribution in [-0.2, 0) is 13.6 Å². The van der Waals surface area contributed by atoms with E-state index in [9.17, 15) is 4.79 Å². The van der Waals surface area contributed by atoms with Gasteiger partial charge in [0.15, 0.2) is 0 Å². The lowest BCUT2D eigenvalue weighted by molar-refractivity contribution is 0.0697. The zero-order chi connectivity index (χ0) is 14.3. The number of nitrogens with zero attached hydrogens (tertiary/aromatic N) is 5. The van der Waals surface area contributed by atoms with Crippen LogP contribution >= 0.6 is 0 Å². The minimum Gasteiger partial charge on any atom is -0.478 e. The fraction of sp³-hybridized carbons (Fsp3) is 0.231. The van der Waals surface area contributed by atoms with Crippen LogP contribution < -0.4 is 0 Å². The van der Waals surface area contributed by atoms with E-state index < -0.39 is 5.97 Å². The van der Waals surface area contributed by atoms with E-state index in [0.717, 1.165) is 16.8 Å². The minimum absolute atomic E-state index is 0.210. The zero-order valence-electron chi connectivity index (χ0n) is 11.1. The molecule has 2 aromatic heterocycles. The van der Waals surface area contributed by atoms with Gasteiger partial charge in [-0.3, -0.25) is 4.68 Å². The van der Waals surface area contributed by atoms with Crippen LogP contribution in [0.1, 0.15) is 21.6 Å². The van der Waals surface area contributed by atoms with Crippen molar-refractivity contribution in [2.45, 2.75) is 13.5 Å². The lowest BCUT2D eigenvalue weighted by Gasteiger charge is -2.01. The Hall–Kier alpha value is -2.70. The summed E-state index contributed by atoms with van der Waals surface area (Å²) in [5, 5.41) is 21.3. The van der Waals surface area contributed by atoms with Crippen molar-refractivity contribution in [3.05, 3.63) is 41.2 Å². The Labute approximate surface area is 114 Å². The molecule has 0 amide bonds. The molecular weight excluding hydrogens is 258 g/mol. The predicted octanol–water partition coefficient (Wildman–Crippen LogP) is 1.22. The molecule has 0 fully saturated rings. The number of aromatic carboxylic acids is 1. The Morgan fingerprint density at radius 2 is 2.20 bits per heavy atom. The van der Waals surface area contributed by atoms with Crippen molar-refractivity contribution >= 4 is 17.0 Å². The molecule has 0 atom stereocenters. The molecule has 20 heavy (non-hydrogen) atoms. The fourth-order valence-electron chi connectivity index (χ4n) is 2.19. The standard InChI is InChI=1S/C13H13N5O2/c1-8-10(6-17(2)15-8)7-18-12-4-3-9(13(19)20)5-11(12)14-16-18/h3-6H,7H2,1-2H3,(H,19,20). The molecule has 3 rings (SSSR count). The van der Waals surface area contributed by atoms with Gasteiger partial charge in [0.2, 0.25) is 0 Å². The van der Waals surface area contributed by atoms with Crippen molar-refractivity contribution < 1.29 is 9.90 Å². The topological polar surface area (TPSA) is 85.8 Å². The highest BCUT2D eigenvalue weighted by atomic mass is 16.4. The van der Waals surface area contributed by atoms with Crippen LogP contribution in [0.15, 0.2) is 24.4 Å². The van der Waals surface area contributed by atoms with E-state index in [2.05, 4.69) is 15.4 Å². The highest BCUT2D eigenvalue weighted by molar-refractivity contribution is 5.92. The van der Waals surface area contributed by atoms with E-state index in [1.807, 2.05) is 20.2 Å². The summed E-state index contributed by atoms with van der Waals surface area (Å²) in [5.41, 5.74) is 3.59. The predicted molar refractivity (Wildman–Crippen MR) is 71.5 cm³/mol. The molecule has 1 aromatic carbocycles. The first-order chi connectivity index (χ1) is 9.54. The van der Waals surface area contributed by atoms with Crippen molar-refractivity contribution in [1.82, 2.24) is 24.8 Å². The first-order valence-electron chi connectivity index (χ1n) is 6.10. The quantitative estimate of drug-likeness (QED) is 0.774. The van der Waals surface area contributed by atoms with Crippen LogP contribution in [-0.4, -0.2) is 35.9 Å². The van der Waals surface area contributed by atoms with Gasteiger partial charge < -0.3 is 5.11 Å². The molecular formula is C13H13N5O2. The van der Waals surface area contributed by atoms with E-state index >= 15 is 0 Å². The first kappa shape index (κ1) is 12.3. The number of carboxylic acid groups (broad SMARTS) is 1. The van der Waals surface area contributed by atoms with E-state index in [4.69, 9.17) is 5.11 Å². The summed E-state index contributed by atoms with van der Waals surface area (Å²) in [6.45, 7) is 2.50. The number of hydrogen-bond acceptors (Lipinski definition) is 4. The summed E-state index contributed by atoms with van der Waals surface area (Å²) in [4.78, 5) is 10.9. The third kappa shape index (κ3) is 2.03. The number of carbonyl (C=O) groups is 1. The van der Waals surface area contributed by atoms with Gasteiger partial charge in [-0.1, -0.05) is 5.21 Å². The monoisotopic (exact) mass is 271 g/mol. The van der Waals surface area contributed by atoms with E-state index in [1.54, 1.807) is 21.5 Å². The smallest absolute Gasteiger partial charge is 0.335 e. The second-order valence-electron chi connectivity index (χ2n) is 4.67. The van der Waals surface area contributed by atoms with Gasteiger partial charge in [-0.05, 0) is 25.1 Å². The van der Waals surface area contributed by atoms with Crippen LogP contribution in [0.25, 0.3) is 11.0 Å². The Morgan fingerprint density at radius 3 is 2.85 bits per heavy atom. The molecule has 0 spiro atoms. The molecule has 102 valence electrons. The normalized spacial score (nSPS) is 11.1. The number of hydrogen-bond donors (Lipinski definition) is 1. The maximum Gasteiger partial charge on any atom is 0.335 e. The van der Waals surface area contributed by atoms with Crippen molar-refractivity contribution in [2.75, 3.05) is 0 Å². The lowest BCUT2D eigenvalue weighted by Crippen LogP contribution is -2.02. The molecule has 0 aliphatic carbocycles. The summed E-state index contributed by atoms with van der Waals surface area (Å²) in [6, 6.07) is 4.81. The van der Waals surface area contributed by atoms with Crippen molar-refractivity contribution in [2.24, 2.45) is 7.05 Å². The van der Waals surface area contributed by atoms with Crippen molar-refractivity contribution in [3.8, 4) is 0 Å². The van der Waals surface area contributed by atoms with Crippen LogP contribution in [0.2, 0.25) is 0 Å². The summed E-state index contributed by atoms with van der Waals surface area (Å²) in [5.74, 6) is -0.968. The molecule has 0 aliphatic rings. The van der Waals surface area contributed by atoms with Crippen LogP contribution in [0.3, 0.4) is 0 Å². The summed E-state index contributed by atoms with van der Waals surface area (Å²) in [7, 11) is 1.87. The summed E-state index contributed by atoms with van der Waals surface area (Å²) < 4.78 is 3.50. The molecule has 7 heteroatoms. The van der Waals surface area contributed by atoms with Gasteiger partial charge in [-0.2, -0.15) is 5.10 Å². The summed E-state index contributed by atoms with van der Waals surface area (Å²) >= 11 is 0. The average molecular weight is 271 g/mol. The van der Waals surface area contributed by atoms with Gasteiger partial charge in [0.05, 0.1) is 23.3 Å².